The van der Waals surface area contributed by atoms with E-state index < -0.39 is 0 Å². The van der Waals surface area contributed by atoms with Gasteiger partial charge in [0.2, 0.25) is 0 Å². The van der Waals surface area contributed by atoms with Crippen LogP contribution in [0.5, 0.6) is 0 Å². The van der Waals surface area contributed by atoms with Gasteiger partial charge in [0.25, 0.3) is 5.56 Å². The Morgan fingerprint density at radius 1 is 1.10 bits per heavy atom. The summed E-state index contributed by atoms with van der Waals surface area (Å²) in [5.41, 5.74) is 1.37. The van der Waals surface area contributed by atoms with E-state index in [4.69, 9.17) is 0 Å². The van der Waals surface area contributed by atoms with E-state index in [9.17, 15) is 9.59 Å². The molecule has 0 aliphatic carbocycles. The molecular weight excluding hydrogens is 266 g/mol. The first-order valence-corrected chi connectivity index (χ1v) is 7.08. The van der Waals surface area contributed by atoms with Crippen LogP contribution in [0.2, 0.25) is 0 Å². The highest BCUT2D eigenvalue weighted by atomic mass is 16.2. The molecule has 0 spiro atoms. The molecule has 21 heavy (non-hydrogen) atoms. The third-order valence-corrected chi connectivity index (χ3v) is 3.64. The Morgan fingerprint density at radius 3 is 2.48 bits per heavy atom. The van der Waals surface area contributed by atoms with Crippen LogP contribution in [0.15, 0.2) is 46.1 Å². The van der Waals surface area contributed by atoms with Crippen molar-refractivity contribution in [3.05, 3.63) is 68.5 Å². The van der Waals surface area contributed by atoms with Gasteiger partial charge in [-0.1, -0.05) is 30.3 Å². The van der Waals surface area contributed by atoms with Crippen molar-refractivity contribution in [1.82, 2.24) is 14.5 Å². The lowest BCUT2D eigenvalue weighted by atomic mass is 10.1. The molecule has 5 heteroatoms. The van der Waals surface area contributed by atoms with E-state index in [1.165, 1.54) is 18.8 Å². The highest BCUT2D eigenvalue weighted by Crippen LogP contribution is 2.01. The molecule has 0 aliphatic heterocycles. The zero-order valence-electron chi connectivity index (χ0n) is 12.5. The highest BCUT2D eigenvalue weighted by molar-refractivity contribution is 5.14. The predicted molar refractivity (Wildman–Crippen MR) is 83.7 cm³/mol. The Labute approximate surface area is 123 Å². The van der Waals surface area contributed by atoms with Gasteiger partial charge in [0.05, 0.1) is 0 Å². The largest absolute Gasteiger partial charge is 0.328 e. The van der Waals surface area contributed by atoms with Crippen molar-refractivity contribution in [3.8, 4) is 0 Å². The van der Waals surface area contributed by atoms with E-state index in [-0.39, 0.29) is 11.2 Å². The van der Waals surface area contributed by atoms with Crippen LogP contribution >= 0.6 is 0 Å². The minimum Gasteiger partial charge on any atom is -0.314 e. The number of H-pyrrole nitrogens is 1. The predicted octanol–water partition coefficient (Wildman–Crippen LogP) is 0.791. The number of likely N-dealkylation sites (N-methyl/N-ethyl adjacent to an activating group) is 1. The fraction of sp³-hybridized carbons (Fsp3) is 0.375. The lowest BCUT2D eigenvalue weighted by Gasteiger charge is -2.16. The highest BCUT2D eigenvalue weighted by Gasteiger charge is 2.06. The molecule has 1 heterocycles. The maximum atomic E-state index is 11.9. The molecule has 1 N–H and O–H groups in total. The molecule has 0 radical (unpaired) electrons. The second kappa shape index (κ2) is 7.04. The van der Waals surface area contributed by atoms with E-state index in [2.05, 4.69) is 22.0 Å². The average Bonchev–Trinajstić information content (AvgIpc) is 2.51. The molecule has 2 aromatic rings. The van der Waals surface area contributed by atoms with Gasteiger partial charge >= 0.3 is 5.69 Å². The van der Waals surface area contributed by atoms with E-state index in [0.29, 0.717) is 12.0 Å². The van der Waals surface area contributed by atoms with E-state index >= 15 is 0 Å². The van der Waals surface area contributed by atoms with E-state index in [1.807, 2.05) is 25.2 Å². The summed E-state index contributed by atoms with van der Waals surface area (Å²) in [6.07, 6.45) is 3.14. The summed E-state index contributed by atoms with van der Waals surface area (Å²) in [6, 6.07) is 10.3. The number of rotatable bonds is 6. The number of benzene rings is 1. The third-order valence-electron chi connectivity index (χ3n) is 3.64. The lowest BCUT2D eigenvalue weighted by molar-refractivity contribution is 0.342. The van der Waals surface area contributed by atoms with Gasteiger partial charge in [-0.05, 0) is 25.5 Å². The molecule has 0 saturated heterocycles. The van der Waals surface area contributed by atoms with E-state index in [0.717, 1.165) is 24.1 Å². The van der Waals surface area contributed by atoms with Crippen LogP contribution in [0.1, 0.15) is 11.1 Å². The number of aromatic nitrogens is 2. The molecule has 1 aromatic carbocycles. The van der Waals surface area contributed by atoms with E-state index in [1.54, 1.807) is 0 Å². The molecule has 0 fully saturated rings. The molecule has 0 bridgehead atoms. The zero-order chi connectivity index (χ0) is 15.2. The molecule has 1 aromatic heterocycles. The van der Waals surface area contributed by atoms with Crippen LogP contribution in [0.25, 0.3) is 0 Å². The Bertz CT molecular complexity index is 689. The van der Waals surface area contributed by atoms with Crippen LogP contribution in [-0.4, -0.2) is 34.6 Å². The SMILES string of the molecule is CN(CCc1ccccc1)CCc1c[nH]c(=O)n(C)c1=O. The first-order chi connectivity index (χ1) is 10.1. The van der Waals surface area contributed by atoms with Gasteiger partial charge < -0.3 is 9.88 Å². The number of nitrogens with zero attached hydrogens (tertiary/aromatic N) is 2. The first-order valence-electron chi connectivity index (χ1n) is 7.08. The number of aromatic amines is 1. The summed E-state index contributed by atoms with van der Waals surface area (Å²) in [7, 11) is 3.53. The molecular formula is C16H21N3O2. The molecule has 0 amide bonds. The zero-order valence-corrected chi connectivity index (χ0v) is 12.5. The second-order valence-electron chi connectivity index (χ2n) is 5.27. The molecule has 5 nitrogen and oxygen atoms in total. The maximum absolute atomic E-state index is 11.9. The second-order valence-corrected chi connectivity index (χ2v) is 5.27. The van der Waals surface area contributed by atoms with Crippen molar-refractivity contribution in [1.29, 1.82) is 0 Å². The van der Waals surface area contributed by atoms with Crippen molar-refractivity contribution < 1.29 is 0 Å². The van der Waals surface area contributed by atoms with Crippen molar-refractivity contribution in [2.24, 2.45) is 7.05 Å². The van der Waals surface area contributed by atoms with Crippen molar-refractivity contribution in [2.75, 3.05) is 20.1 Å². The Balaban J connectivity index is 1.87. The van der Waals surface area contributed by atoms with Crippen LogP contribution in [0, 0.1) is 0 Å². The van der Waals surface area contributed by atoms with Crippen LogP contribution < -0.4 is 11.2 Å². The Kier molecular flexibility index (Phi) is 5.11. The topological polar surface area (TPSA) is 58.1 Å². The van der Waals surface area contributed by atoms with Gasteiger partial charge in [-0.3, -0.25) is 9.36 Å². The number of hydrogen-bond donors (Lipinski definition) is 1. The molecule has 0 saturated carbocycles. The molecule has 112 valence electrons. The summed E-state index contributed by atoms with van der Waals surface area (Å²) in [6.45, 7) is 1.72. The van der Waals surface area contributed by atoms with Gasteiger partial charge in [-0.15, -0.1) is 0 Å². The quantitative estimate of drug-likeness (QED) is 0.854. The summed E-state index contributed by atoms with van der Waals surface area (Å²) in [5.74, 6) is 0. The first kappa shape index (κ1) is 15.3. The van der Waals surface area contributed by atoms with Gasteiger partial charge in [0, 0.05) is 31.9 Å². The number of hydrogen-bond acceptors (Lipinski definition) is 3. The maximum Gasteiger partial charge on any atom is 0.328 e. The summed E-state index contributed by atoms with van der Waals surface area (Å²) in [5, 5.41) is 0. The lowest BCUT2D eigenvalue weighted by Crippen LogP contribution is -2.35. The fourth-order valence-electron chi connectivity index (χ4n) is 2.18. The van der Waals surface area contributed by atoms with Crippen molar-refractivity contribution in [3.63, 3.8) is 0 Å². The Morgan fingerprint density at radius 2 is 1.76 bits per heavy atom. The normalized spacial score (nSPS) is 11.0. The van der Waals surface area contributed by atoms with Crippen LogP contribution in [0.3, 0.4) is 0 Å². The van der Waals surface area contributed by atoms with Gasteiger partial charge in [-0.25, -0.2) is 4.79 Å². The van der Waals surface area contributed by atoms with Crippen molar-refractivity contribution in [2.45, 2.75) is 12.8 Å². The van der Waals surface area contributed by atoms with Crippen molar-refractivity contribution >= 4 is 0 Å². The number of nitrogens with one attached hydrogen (secondary N) is 1. The Hall–Kier alpha value is -2.14. The van der Waals surface area contributed by atoms with Gasteiger partial charge in [0.15, 0.2) is 0 Å². The molecule has 0 unspecified atom stereocenters. The average molecular weight is 287 g/mol. The van der Waals surface area contributed by atoms with Gasteiger partial charge in [0.1, 0.15) is 0 Å². The molecule has 0 atom stereocenters. The monoisotopic (exact) mass is 287 g/mol. The fourth-order valence-corrected chi connectivity index (χ4v) is 2.18. The summed E-state index contributed by atoms with van der Waals surface area (Å²) in [4.78, 5) is 28.0. The summed E-state index contributed by atoms with van der Waals surface area (Å²) < 4.78 is 1.11. The standard InChI is InChI=1S/C16H21N3O2/c1-18(10-8-13-6-4-3-5-7-13)11-9-14-12-17-16(21)19(2)15(14)20/h3-7,12H,8-11H2,1-2H3,(H,17,21). The van der Waals surface area contributed by atoms with Crippen LogP contribution in [0.4, 0.5) is 0 Å². The molecule has 2 rings (SSSR count). The molecule has 0 aliphatic rings. The summed E-state index contributed by atoms with van der Waals surface area (Å²) >= 11 is 0. The minimum atomic E-state index is -0.374. The minimum absolute atomic E-state index is 0.213. The van der Waals surface area contributed by atoms with Gasteiger partial charge in [-0.2, -0.15) is 0 Å². The smallest absolute Gasteiger partial charge is 0.314 e. The van der Waals surface area contributed by atoms with Crippen LogP contribution in [-0.2, 0) is 19.9 Å². The third kappa shape index (κ3) is 4.16.